The van der Waals surface area contributed by atoms with E-state index in [2.05, 4.69) is 22.4 Å². The molecule has 0 aliphatic rings. The maximum absolute atomic E-state index is 10.6. The number of aromatic nitrogens is 1. The van der Waals surface area contributed by atoms with Gasteiger partial charge in [0.2, 0.25) is 0 Å². The number of para-hydroxylation sites is 2. The number of carbonyl (C=O) groups is 1. The van der Waals surface area contributed by atoms with Gasteiger partial charge in [-0.3, -0.25) is 4.79 Å². The molecule has 0 radical (unpaired) electrons. The number of carboxylic acids is 1. The van der Waals surface area contributed by atoms with Crippen molar-refractivity contribution < 1.29 is 9.90 Å². The van der Waals surface area contributed by atoms with Gasteiger partial charge in [-0.15, -0.1) is 0 Å². The number of nitrogens with zero attached hydrogens (tertiary/aromatic N) is 1. The van der Waals surface area contributed by atoms with Crippen molar-refractivity contribution in [1.82, 2.24) is 4.98 Å². The topological polar surface area (TPSA) is 62.2 Å². The van der Waals surface area contributed by atoms with Gasteiger partial charge in [0.05, 0.1) is 16.7 Å². The summed E-state index contributed by atoms with van der Waals surface area (Å²) < 4.78 is 0. The largest absolute Gasteiger partial charge is 0.481 e. The summed E-state index contributed by atoms with van der Waals surface area (Å²) in [6.07, 6.45) is 1.74. The molecule has 0 aliphatic heterocycles. The predicted molar refractivity (Wildman–Crippen MR) is 89.2 cm³/mol. The third kappa shape index (κ3) is 3.01. The summed E-state index contributed by atoms with van der Waals surface area (Å²) in [5, 5.41) is 14.3. The van der Waals surface area contributed by atoms with Crippen molar-refractivity contribution in [2.75, 3.05) is 11.9 Å². The van der Waals surface area contributed by atoms with E-state index in [1.807, 2.05) is 36.4 Å². The van der Waals surface area contributed by atoms with Crippen LogP contribution in [0.3, 0.4) is 0 Å². The van der Waals surface area contributed by atoms with E-state index >= 15 is 0 Å². The van der Waals surface area contributed by atoms with Crippen LogP contribution in [-0.4, -0.2) is 22.6 Å². The molecule has 0 spiro atoms. The van der Waals surface area contributed by atoms with E-state index in [4.69, 9.17) is 5.11 Å². The Kier molecular flexibility index (Phi) is 4.19. The average Bonchev–Trinajstić information content (AvgIpc) is 2.53. The number of unbranched alkanes of at least 4 members (excludes halogenated alkanes) is 1. The van der Waals surface area contributed by atoms with Gasteiger partial charge in [0.15, 0.2) is 0 Å². The van der Waals surface area contributed by atoms with Crippen molar-refractivity contribution in [2.45, 2.75) is 19.3 Å². The lowest BCUT2D eigenvalue weighted by Crippen LogP contribution is -2.04. The SMILES string of the molecule is O=C(O)CCCCNc1c2ccccc2nc2ccccc12. The molecule has 0 atom stereocenters. The third-order valence-corrected chi connectivity index (χ3v) is 3.71. The molecule has 112 valence electrons. The van der Waals surface area contributed by atoms with Crippen LogP contribution in [0, 0.1) is 0 Å². The first-order valence-corrected chi connectivity index (χ1v) is 7.49. The van der Waals surface area contributed by atoms with Crippen LogP contribution in [0.15, 0.2) is 48.5 Å². The van der Waals surface area contributed by atoms with E-state index < -0.39 is 5.97 Å². The lowest BCUT2D eigenvalue weighted by atomic mass is 10.1. The monoisotopic (exact) mass is 294 g/mol. The maximum atomic E-state index is 10.6. The fraction of sp³-hybridized carbons (Fsp3) is 0.222. The average molecular weight is 294 g/mol. The molecule has 0 fully saturated rings. The van der Waals surface area contributed by atoms with Crippen LogP contribution in [0.4, 0.5) is 5.69 Å². The minimum atomic E-state index is -0.736. The van der Waals surface area contributed by atoms with E-state index in [1.54, 1.807) is 0 Å². The van der Waals surface area contributed by atoms with E-state index in [-0.39, 0.29) is 6.42 Å². The zero-order chi connectivity index (χ0) is 15.4. The van der Waals surface area contributed by atoms with Crippen molar-refractivity contribution in [2.24, 2.45) is 0 Å². The molecule has 0 saturated heterocycles. The van der Waals surface area contributed by atoms with Crippen molar-refractivity contribution in [3.63, 3.8) is 0 Å². The highest BCUT2D eigenvalue weighted by molar-refractivity contribution is 6.07. The molecular formula is C18H18N2O2. The van der Waals surface area contributed by atoms with Crippen LogP contribution >= 0.6 is 0 Å². The van der Waals surface area contributed by atoms with E-state index in [0.29, 0.717) is 6.42 Å². The standard InChI is InChI=1S/C18H18N2O2/c21-17(22)11-5-6-12-19-18-13-7-1-3-9-15(13)20-16-10-4-2-8-14(16)18/h1-4,7-10H,5-6,11-12H2,(H,19,20)(H,21,22). The number of hydrogen-bond donors (Lipinski definition) is 2. The molecule has 2 N–H and O–H groups in total. The van der Waals surface area contributed by atoms with Crippen LogP contribution in [0.2, 0.25) is 0 Å². The number of anilines is 1. The predicted octanol–water partition coefficient (Wildman–Crippen LogP) is 4.05. The number of pyridine rings is 1. The third-order valence-electron chi connectivity index (χ3n) is 3.71. The lowest BCUT2D eigenvalue weighted by molar-refractivity contribution is -0.137. The summed E-state index contributed by atoms with van der Waals surface area (Å²) in [6, 6.07) is 16.1. The van der Waals surface area contributed by atoms with Crippen molar-refractivity contribution in [1.29, 1.82) is 0 Å². The Bertz CT molecular complexity index is 760. The van der Waals surface area contributed by atoms with Gasteiger partial charge in [0, 0.05) is 23.7 Å². The Morgan fingerprint density at radius 3 is 2.14 bits per heavy atom. The second kappa shape index (κ2) is 6.43. The van der Waals surface area contributed by atoms with E-state index in [9.17, 15) is 4.79 Å². The Labute approximate surface area is 128 Å². The Hall–Kier alpha value is -2.62. The minimum Gasteiger partial charge on any atom is -0.481 e. The molecule has 4 heteroatoms. The molecule has 2 aromatic carbocycles. The van der Waals surface area contributed by atoms with Crippen LogP contribution in [-0.2, 0) is 4.79 Å². The van der Waals surface area contributed by atoms with Gasteiger partial charge in [-0.1, -0.05) is 36.4 Å². The summed E-state index contributed by atoms with van der Waals surface area (Å²) in [7, 11) is 0. The number of aliphatic carboxylic acids is 1. The fourth-order valence-electron chi connectivity index (χ4n) is 2.64. The molecule has 0 unspecified atom stereocenters. The number of benzene rings is 2. The highest BCUT2D eigenvalue weighted by atomic mass is 16.4. The molecule has 0 saturated carbocycles. The van der Waals surface area contributed by atoms with Gasteiger partial charge in [-0.2, -0.15) is 0 Å². The Morgan fingerprint density at radius 1 is 0.955 bits per heavy atom. The number of hydrogen-bond acceptors (Lipinski definition) is 3. The molecular weight excluding hydrogens is 276 g/mol. The smallest absolute Gasteiger partial charge is 0.303 e. The fourth-order valence-corrected chi connectivity index (χ4v) is 2.64. The molecule has 22 heavy (non-hydrogen) atoms. The van der Waals surface area contributed by atoms with Gasteiger partial charge in [0.1, 0.15) is 0 Å². The number of fused-ring (bicyclic) bond motifs is 2. The van der Waals surface area contributed by atoms with Crippen LogP contribution < -0.4 is 5.32 Å². The van der Waals surface area contributed by atoms with E-state index in [0.717, 1.165) is 40.5 Å². The summed E-state index contributed by atoms with van der Waals surface area (Å²) in [4.78, 5) is 15.2. The number of nitrogens with one attached hydrogen (secondary N) is 1. The zero-order valence-electron chi connectivity index (χ0n) is 12.2. The Morgan fingerprint density at radius 2 is 1.55 bits per heavy atom. The second-order valence-corrected chi connectivity index (χ2v) is 5.30. The summed E-state index contributed by atoms with van der Waals surface area (Å²) in [5.74, 6) is -0.736. The minimum absolute atomic E-state index is 0.222. The molecule has 1 aromatic heterocycles. The molecule has 1 heterocycles. The van der Waals surface area contributed by atoms with Crippen molar-refractivity contribution >= 4 is 33.5 Å². The molecule has 4 nitrogen and oxygen atoms in total. The summed E-state index contributed by atoms with van der Waals surface area (Å²) in [5.41, 5.74) is 3.01. The molecule has 3 aromatic rings. The number of carboxylic acid groups (broad SMARTS) is 1. The first-order valence-electron chi connectivity index (χ1n) is 7.49. The van der Waals surface area contributed by atoms with Crippen molar-refractivity contribution in [3.8, 4) is 0 Å². The van der Waals surface area contributed by atoms with Crippen LogP contribution in [0.5, 0.6) is 0 Å². The summed E-state index contributed by atoms with van der Waals surface area (Å²) in [6.45, 7) is 0.755. The first kappa shape index (κ1) is 14.3. The van der Waals surface area contributed by atoms with Gasteiger partial charge in [-0.25, -0.2) is 4.98 Å². The van der Waals surface area contributed by atoms with Gasteiger partial charge < -0.3 is 10.4 Å². The zero-order valence-corrected chi connectivity index (χ0v) is 12.2. The highest BCUT2D eigenvalue weighted by Crippen LogP contribution is 2.30. The molecule has 0 amide bonds. The lowest BCUT2D eigenvalue weighted by Gasteiger charge is -2.13. The highest BCUT2D eigenvalue weighted by Gasteiger charge is 2.07. The van der Waals surface area contributed by atoms with Crippen LogP contribution in [0.25, 0.3) is 21.8 Å². The van der Waals surface area contributed by atoms with E-state index in [1.165, 1.54) is 0 Å². The van der Waals surface area contributed by atoms with Gasteiger partial charge >= 0.3 is 5.97 Å². The molecule has 0 aliphatic carbocycles. The number of rotatable bonds is 6. The normalized spacial score (nSPS) is 10.9. The Balaban J connectivity index is 1.89. The molecule has 0 bridgehead atoms. The first-order chi connectivity index (χ1) is 10.8. The summed E-state index contributed by atoms with van der Waals surface area (Å²) >= 11 is 0. The van der Waals surface area contributed by atoms with Crippen molar-refractivity contribution in [3.05, 3.63) is 48.5 Å². The quantitative estimate of drug-likeness (QED) is 0.531. The second-order valence-electron chi connectivity index (χ2n) is 5.30. The maximum Gasteiger partial charge on any atom is 0.303 e. The van der Waals surface area contributed by atoms with Crippen LogP contribution in [0.1, 0.15) is 19.3 Å². The van der Waals surface area contributed by atoms with Gasteiger partial charge in [0.25, 0.3) is 0 Å². The molecule has 3 rings (SSSR count). The van der Waals surface area contributed by atoms with Gasteiger partial charge in [-0.05, 0) is 25.0 Å².